The monoisotopic (exact) mass is 155 g/mol. The van der Waals surface area contributed by atoms with Gasteiger partial charge in [0.2, 0.25) is 0 Å². The molecular formula is C8H13NO2. The number of esters is 1. The van der Waals surface area contributed by atoms with Crippen LogP contribution in [0, 0.1) is 5.92 Å². The maximum absolute atomic E-state index is 11.1. The quantitative estimate of drug-likeness (QED) is 0.553. The second-order valence-electron chi connectivity index (χ2n) is 3.41. The molecule has 0 spiro atoms. The van der Waals surface area contributed by atoms with Gasteiger partial charge in [0.1, 0.15) is 0 Å². The van der Waals surface area contributed by atoms with Crippen LogP contribution in [0.3, 0.4) is 0 Å². The Hall–Kier alpha value is -0.570. The highest BCUT2D eigenvalue weighted by Gasteiger charge is 2.43. The molecule has 3 heteroatoms. The van der Waals surface area contributed by atoms with Gasteiger partial charge in [-0.3, -0.25) is 4.79 Å². The Kier molecular flexibility index (Phi) is 1.60. The van der Waals surface area contributed by atoms with Gasteiger partial charge in [0.15, 0.2) is 0 Å². The van der Waals surface area contributed by atoms with Gasteiger partial charge in [-0.25, -0.2) is 0 Å². The molecule has 3 nitrogen and oxygen atoms in total. The highest BCUT2D eigenvalue weighted by molar-refractivity contribution is 5.74. The Bertz CT molecular complexity index is 181. The summed E-state index contributed by atoms with van der Waals surface area (Å²) in [5.74, 6) is 0.100. The maximum Gasteiger partial charge on any atom is 0.310 e. The minimum Gasteiger partial charge on any atom is -0.469 e. The molecule has 0 amide bonds. The number of carbonyl (C=O) groups is 1. The third-order valence-corrected chi connectivity index (χ3v) is 2.80. The van der Waals surface area contributed by atoms with Crippen molar-refractivity contribution in [2.75, 3.05) is 7.11 Å². The van der Waals surface area contributed by atoms with Crippen molar-refractivity contribution < 1.29 is 9.53 Å². The summed E-state index contributed by atoms with van der Waals surface area (Å²) in [5.41, 5.74) is 0. The molecule has 1 N–H and O–H groups in total. The summed E-state index contributed by atoms with van der Waals surface area (Å²) >= 11 is 0. The summed E-state index contributed by atoms with van der Waals surface area (Å²) in [6, 6.07) is 0.997. The first-order valence-corrected chi connectivity index (χ1v) is 4.15. The van der Waals surface area contributed by atoms with Gasteiger partial charge in [-0.05, 0) is 19.3 Å². The SMILES string of the molecule is COC(=O)C1C[C@H]2CC[C@H]1N2. The average molecular weight is 155 g/mol. The standard InChI is InChI=1S/C8H13NO2/c1-11-8(10)6-4-5-2-3-7(6)9-5/h5-7,9H,2-4H2,1H3/t5-,6?,7-/m1/s1. The van der Waals surface area contributed by atoms with E-state index in [0.717, 1.165) is 12.8 Å². The fourth-order valence-electron chi connectivity index (χ4n) is 2.24. The molecule has 2 fully saturated rings. The van der Waals surface area contributed by atoms with Crippen LogP contribution in [0.15, 0.2) is 0 Å². The zero-order valence-corrected chi connectivity index (χ0v) is 6.67. The van der Waals surface area contributed by atoms with Crippen molar-refractivity contribution in [3.05, 3.63) is 0 Å². The van der Waals surface area contributed by atoms with Crippen molar-refractivity contribution in [1.29, 1.82) is 0 Å². The Balaban J connectivity index is 2.02. The lowest BCUT2D eigenvalue weighted by molar-refractivity contribution is -0.146. The van der Waals surface area contributed by atoms with E-state index in [-0.39, 0.29) is 11.9 Å². The van der Waals surface area contributed by atoms with Crippen LogP contribution < -0.4 is 5.32 Å². The number of methoxy groups -OCH3 is 1. The van der Waals surface area contributed by atoms with Crippen LogP contribution in [0.5, 0.6) is 0 Å². The first kappa shape index (κ1) is 7.10. The second kappa shape index (κ2) is 2.48. The lowest BCUT2D eigenvalue weighted by Crippen LogP contribution is -2.29. The van der Waals surface area contributed by atoms with Gasteiger partial charge in [0, 0.05) is 12.1 Å². The summed E-state index contributed by atoms with van der Waals surface area (Å²) in [7, 11) is 1.47. The van der Waals surface area contributed by atoms with E-state index in [1.807, 2.05) is 0 Å². The smallest absolute Gasteiger partial charge is 0.310 e. The lowest BCUT2D eigenvalue weighted by Gasteiger charge is -2.16. The Morgan fingerprint density at radius 3 is 2.82 bits per heavy atom. The molecule has 2 aliphatic heterocycles. The zero-order valence-electron chi connectivity index (χ0n) is 6.67. The molecule has 11 heavy (non-hydrogen) atoms. The van der Waals surface area contributed by atoms with E-state index in [1.165, 1.54) is 13.5 Å². The number of ether oxygens (including phenoxy) is 1. The molecule has 2 heterocycles. The third kappa shape index (κ3) is 1.03. The molecule has 2 aliphatic rings. The molecule has 62 valence electrons. The fourth-order valence-corrected chi connectivity index (χ4v) is 2.24. The zero-order chi connectivity index (χ0) is 7.84. The van der Waals surface area contributed by atoms with Gasteiger partial charge < -0.3 is 10.1 Å². The molecule has 0 aromatic rings. The predicted octanol–water partition coefficient (Wildman–Crippen LogP) is 0.300. The van der Waals surface area contributed by atoms with Crippen LogP contribution in [0.2, 0.25) is 0 Å². The molecular weight excluding hydrogens is 142 g/mol. The van der Waals surface area contributed by atoms with Crippen LogP contribution in [-0.2, 0) is 9.53 Å². The number of hydrogen-bond donors (Lipinski definition) is 1. The maximum atomic E-state index is 11.1. The molecule has 0 aromatic heterocycles. The van der Waals surface area contributed by atoms with Gasteiger partial charge in [-0.1, -0.05) is 0 Å². The van der Waals surface area contributed by atoms with E-state index in [9.17, 15) is 4.79 Å². The summed E-state index contributed by atoms with van der Waals surface area (Å²) in [5, 5.41) is 3.39. The van der Waals surface area contributed by atoms with E-state index in [0.29, 0.717) is 12.1 Å². The number of carbonyl (C=O) groups excluding carboxylic acids is 1. The third-order valence-electron chi connectivity index (χ3n) is 2.80. The summed E-state index contributed by atoms with van der Waals surface area (Å²) < 4.78 is 4.71. The normalized spacial score (nSPS) is 41.0. The molecule has 0 saturated carbocycles. The van der Waals surface area contributed by atoms with Crippen LogP contribution in [-0.4, -0.2) is 25.2 Å². The Morgan fingerprint density at radius 2 is 2.36 bits per heavy atom. The second-order valence-corrected chi connectivity index (χ2v) is 3.41. The van der Waals surface area contributed by atoms with E-state index in [4.69, 9.17) is 4.74 Å². The van der Waals surface area contributed by atoms with Crippen LogP contribution in [0.25, 0.3) is 0 Å². The Labute approximate surface area is 66.1 Å². The number of fused-ring (bicyclic) bond motifs is 2. The van der Waals surface area contributed by atoms with Crippen molar-refractivity contribution in [3.8, 4) is 0 Å². The average Bonchev–Trinajstić information content (AvgIpc) is 2.62. The van der Waals surface area contributed by atoms with Crippen molar-refractivity contribution in [2.24, 2.45) is 5.92 Å². The van der Waals surface area contributed by atoms with Gasteiger partial charge >= 0.3 is 5.97 Å². The van der Waals surface area contributed by atoms with Crippen molar-refractivity contribution in [1.82, 2.24) is 5.32 Å². The highest BCUT2D eigenvalue weighted by atomic mass is 16.5. The number of nitrogens with one attached hydrogen (secondary N) is 1. The van der Waals surface area contributed by atoms with E-state index in [2.05, 4.69) is 5.32 Å². The van der Waals surface area contributed by atoms with E-state index < -0.39 is 0 Å². The summed E-state index contributed by atoms with van der Waals surface area (Å²) in [4.78, 5) is 11.1. The molecule has 3 atom stereocenters. The van der Waals surface area contributed by atoms with Crippen LogP contribution >= 0.6 is 0 Å². The van der Waals surface area contributed by atoms with Gasteiger partial charge in [-0.2, -0.15) is 0 Å². The van der Waals surface area contributed by atoms with Crippen molar-refractivity contribution in [3.63, 3.8) is 0 Å². The topological polar surface area (TPSA) is 38.3 Å². The lowest BCUT2D eigenvalue weighted by atomic mass is 9.89. The van der Waals surface area contributed by atoms with Gasteiger partial charge in [-0.15, -0.1) is 0 Å². The first-order chi connectivity index (χ1) is 5.31. The van der Waals surface area contributed by atoms with Gasteiger partial charge in [0.05, 0.1) is 13.0 Å². The molecule has 2 rings (SSSR count). The largest absolute Gasteiger partial charge is 0.469 e. The highest BCUT2D eigenvalue weighted by Crippen LogP contribution is 2.33. The number of rotatable bonds is 1. The van der Waals surface area contributed by atoms with E-state index >= 15 is 0 Å². The minimum absolute atomic E-state index is 0.0373. The molecule has 2 saturated heterocycles. The van der Waals surface area contributed by atoms with Crippen molar-refractivity contribution in [2.45, 2.75) is 31.3 Å². The first-order valence-electron chi connectivity index (χ1n) is 4.15. The number of hydrogen-bond acceptors (Lipinski definition) is 3. The van der Waals surface area contributed by atoms with Crippen molar-refractivity contribution >= 4 is 5.97 Å². The molecule has 0 aliphatic carbocycles. The summed E-state index contributed by atoms with van der Waals surface area (Å²) in [6.45, 7) is 0. The van der Waals surface area contributed by atoms with Gasteiger partial charge in [0.25, 0.3) is 0 Å². The molecule has 2 bridgehead atoms. The van der Waals surface area contributed by atoms with E-state index in [1.54, 1.807) is 0 Å². The molecule has 0 radical (unpaired) electrons. The van der Waals surface area contributed by atoms with Crippen LogP contribution in [0.1, 0.15) is 19.3 Å². The molecule has 1 unspecified atom stereocenters. The fraction of sp³-hybridized carbons (Fsp3) is 0.875. The van der Waals surface area contributed by atoms with Crippen LogP contribution in [0.4, 0.5) is 0 Å². The molecule has 0 aromatic carbocycles. The predicted molar refractivity (Wildman–Crippen MR) is 40.1 cm³/mol. The minimum atomic E-state index is -0.0373. The Morgan fingerprint density at radius 1 is 1.55 bits per heavy atom. The summed E-state index contributed by atoms with van der Waals surface area (Å²) in [6.07, 6.45) is 3.36.